The Morgan fingerprint density at radius 1 is 0.571 bits per heavy atom. The van der Waals surface area contributed by atoms with Crippen LogP contribution in [0.25, 0.3) is 80.5 Å². The number of fused-ring (bicyclic) bond motifs is 15. The van der Waals surface area contributed by atoms with Gasteiger partial charge in [0, 0.05) is 41.7 Å². The number of imidazole rings is 1. The van der Waals surface area contributed by atoms with Crippen LogP contribution >= 0.6 is 11.3 Å². The van der Waals surface area contributed by atoms with Crippen molar-refractivity contribution in [3.05, 3.63) is 97.1 Å². The summed E-state index contributed by atoms with van der Waals surface area (Å²) in [5.41, 5.74) is 6.13. The predicted molar refractivity (Wildman–Crippen MR) is 148 cm³/mol. The highest BCUT2D eigenvalue weighted by Crippen LogP contribution is 2.44. The number of aromatic nitrogens is 2. The lowest BCUT2D eigenvalue weighted by Crippen LogP contribution is -1.92. The van der Waals surface area contributed by atoms with Crippen LogP contribution in [-0.4, -0.2) is 9.38 Å². The monoisotopic (exact) mass is 464 g/mol. The van der Waals surface area contributed by atoms with Crippen molar-refractivity contribution in [1.82, 2.24) is 9.38 Å². The predicted octanol–water partition coefficient (Wildman–Crippen LogP) is 9.06. The Balaban J connectivity index is 1.66. The summed E-state index contributed by atoms with van der Waals surface area (Å²) in [6, 6.07) is 34.5. The maximum atomic E-state index is 6.34. The summed E-state index contributed by atoms with van der Waals surface area (Å²) >= 11 is 1.86. The molecule has 0 radical (unpaired) electrons. The molecule has 0 N–H and O–H groups in total. The van der Waals surface area contributed by atoms with Crippen molar-refractivity contribution in [3.63, 3.8) is 0 Å². The largest absolute Gasteiger partial charge is 0.456 e. The number of nitrogens with zero attached hydrogens (tertiary/aromatic N) is 2. The molecular formula is C31H16N2OS. The van der Waals surface area contributed by atoms with Gasteiger partial charge >= 0.3 is 0 Å². The molecule has 0 saturated heterocycles. The number of furan rings is 1. The SMILES string of the molecule is c1ccc2c(c1)nc1c3cc4c(cc3c3c5c(ccc3n21)sc1ccccc15)oc1ccccc14. The summed E-state index contributed by atoms with van der Waals surface area (Å²) in [5.74, 6) is 0. The van der Waals surface area contributed by atoms with Crippen LogP contribution in [0.2, 0.25) is 0 Å². The summed E-state index contributed by atoms with van der Waals surface area (Å²) in [5, 5.41) is 8.46. The van der Waals surface area contributed by atoms with E-state index in [1.165, 1.54) is 36.5 Å². The molecule has 0 fully saturated rings. The minimum absolute atomic E-state index is 0.914. The van der Waals surface area contributed by atoms with Gasteiger partial charge in [-0.15, -0.1) is 11.3 Å². The molecule has 0 unspecified atom stereocenters. The zero-order chi connectivity index (χ0) is 22.7. The van der Waals surface area contributed by atoms with Crippen molar-refractivity contribution < 1.29 is 4.42 Å². The van der Waals surface area contributed by atoms with Crippen LogP contribution in [0.1, 0.15) is 0 Å². The molecule has 4 aromatic heterocycles. The number of pyridine rings is 1. The van der Waals surface area contributed by atoms with E-state index in [0.717, 1.165) is 44.0 Å². The lowest BCUT2D eigenvalue weighted by atomic mass is 9.99. The molecule has 4 heterocycles. The molecule has 3 nitrogen and oxygen atoms in total. The first-order valence-corrected chi connectivity index (χ1v) is 12.5. The quantitative estimate of drug-likeness (QED) is 0.210. The minimum atomic E-state index is 0.914. The van der Waals surface area contributed by atoms with Gasteiger partial charge in [0.15, 0.2) is 0 Å². The maximum Gasteiger partial charge on any atom is 0.146 e. The summed E-state index contributed by atoms with van der Waals surface area (Å²) in [6.45, 7) is 0. The second kappa shape index (κ2) is 6.17. The molecule has 0 amide bonds. The minimum Gasteiger partial charge on any atom is -0.456 e. The van der Waals surface area contributed by atoms with Gasteiger partial charge < -0.3 is 4.42 Å². The lowest BCUT2D eigenvalue weighted by molar-refractivity contribution is 0.669. The van der Waals surface area contributed by atoms with Crippen molar-refractivity contribution in [2.45, 2.75) is 0 Å². The van der Waals surface area contributed by atoms with Crippen molar-refractivity contribution in [2.75, 3.05) is 0 Å². The third-order valence-corrected chi connectivity index (χ3v) is 8.49. The molecule has 35 heavy (non-hydrogen) atoms. The summed E-state index contributed by atoms with van der Waals surface area (Å²) < 4.78 is 11.3. The standard InChI is InChI=1S/C31H16N2OS/c1-5-11-25-17(7-1)19-15-21-20(16-26(19)34-25)29-24(33-23-10-4-3-9-22(23)32-31(21)33)13-14-28-30(29)18-8-2-6-12-27(18)35-28/h1-16H. The van der Waals surface area contributed by atoms with E-state index in [2.05, 4.69) is 89.3 Å². The fourth-order valence-corrected chi connectivity index (χ4v) is 6.99. The first-order valence-electron chi connectivity index (χ1n) is 11.7. The second-order valence-corrected chi connectivity index (χ2v) is 10.3. The molecule has 0 saturated carbocycles. The number of rotatable bonds is 0. The van der Waals surface area contributed by atoms with Crippen molar-refractivity contribution in [1.29, 1.82) is 0 Å². The van der Waals surface area contributed by atoms with Gasteiger partial charge in [-0.05, 0) is 53.9 Å². The first kappa shape index (κ1) is 18.0. The Morgan fingerprint density at radius 2 is 1.40 bits per heavy atom. The van der Waals surface area contributed by atoms with Crippen molar-refractivity contribution in [2.24, 2.45) is 0 Å². The summed E-state index contributed by atoms with van der Waals surface area (Å²) in [6.07, 6.45) is 0. The Hall–Kier alpha value is -4.41. The van der Waals surface area contributed by atoms with E-state index in [9.17, 15) is 0 Å². The number of benzene rings is 5. The van der Waals surface area contributed by atoms with Crippen LogP contribution < -0.4 is 0 Å². The number of para-hydroxylation sites is 3. The average Bonchev–Trinajstić information content (AvgIpc) is 3.58. The fourth-order valence-electron chi connectivity index (χ4n) is 5.88. The van der Waals surface area contributed by atoms with E-state index in [1.54, 1.807) is 0 Å². The lowest BCUT2D eigenvalue weighted by Gasteiger charge is -2.11. The summed E-state index contributed by atoms with van der Waals surface area (Å²) in [7, 11) is 0. The second-order valence-electron chi connectivity index (χ2n) is 9.18. The number of thiophene rings is 1. The smallest absolute Gasteiger partial charge is 0.146 e. The molecular weight excluding hydrogens is 448 g/mol. The molecule has 0 aliphatic carbocycles. The third-order valence-electron chi connectivity index (χ3n) is 7.35. The molecule has 0 aliphatic rings. The molecule has 0 atom stereocenters. The number of hydrogen-bond donors (Lipinski definition) is 0. The average molecular weight is 465 g/mol. The van der Waals surface area contributed by atoms with E-state index >= 15 is 0 Å². The number of hydrogen-bond acceptors (Lipinski definition) is 3. The highest BCUT2D eigenvalue weighted by Gasteiger charge is 2.19. The molecule has 4 heteroatoms. The molecule has 0 aliphatic heterocycles. The zero-order valence-corrected chi connectivity index (χ0v) is 19.3. The van der Waals surface area contributed by atoms with Gasteiger partial charge in [-0.3, -0.25) is 4.40 Å². The van der Waals surface area contributed by atoms with Gasteiger partial charge in [0.2, 0.25) is 0 Å². The van der Waals surface area contributed by atoms with E-state index in [0.29, 0.717) is 0 Å². The van der Waals surface area contributed by atoms with E-state index in [-0.39, 0.29) is 0 Å². The Kier molecular flexibility index (Phi) is 3.17. The van der Waals surface area contributed by atoms with Gasteiger partial charge in [0.05, 0.1) is 16.6 Å². The van der Waals surface area contributed by atoms with E-state index in [1.807, 2.05) is 23.5 Å². The van der Waals surface area contributed by atoms with Crippen molar-refractivity contribution in [3.8, 4) is 0 Å². The zero-order valence-electron chi connectivity index (χ0n) is 18.4. The van der Waals surface area contributed by atoms with Gasteiger partial charge in [-0.1, -0.05) is 48.5 Å². The highest BCUT2D eigenvalue weighted by molar-refractivity contribution is 7.26. The van der Waals surface area contributed by atoms with Gasteiger partial charge in [-0.2, -0.15) is 0 Å². The van der Waals surface area contributed by atoms with Gasteiger partial charge in [-0.25, -0.2) is 4.98 Å². The first-order chi connectivity index (χ1) is 17.3. The highest BCUT2D eigenvalue weighted by atomic mass is 32.1. The Morgan fingerprint density at radius 3 is 2.37 bits per heavy atom. The Labute approximate surface area is 202 Å². The van der Waals surface area contributed by atoms with Gasteiger partial charge in [0.25, 0.3) is 0 Å². The maximum absolute atomic E-state index is 6.34. The van der Waals surface area contributed by atoms with E-state index < -0.39 is 0 Å². The Bertz CT molecular complexity index is 2330. The van der Waals surface area contributed by atoms with Crippen molar-refractivity contribution >= 4 is 91.8 Å². The summed E-state index contributed by atoms with van der Waals surface area (Å²) in [4.78, 5) is 5.13. The topological polar surface area (TPSA) is 30.4 Å². The third kappa shape index (κ3) is 2.18. The van der Waals surface area contributed by atoms with Gasteiger partial charge in [0.1, 0.15) is 16.8 Å². The molecule has 0 bridgehead atoms. The molecule has 0 spiro atoms. The fraction of sp³-hybridized carbons (Fsp3) is 0. The molecule has 162 valence electrons. The molecule has 5 aromatic carbocycles. The van der Waals surface area contributed by atoms with Crippen LogP contribution in [-0.2, 0) is 0 Å². The normalized spacial score (nSPS) is 12.6. The van der Waals surface area contributed by atoms with Crippen LogP contribution in [0.15, 0.2) is 101 Å². The van der Waals surface area contributed by atoms with Crippen LogP contribution in [0, 0.1) is 0 Å². The van der Waals surface area contributed by atoms with E-state index in [4.69, 9.17) is 9.40 Å². The van der Waals surface area contributed by atoms with Crippen LogP contribution in [0.5, 0.6) is 0 Å². The van der Waals surface area contributed by atoms with Crippen LogP contribution in [0.4, 0.5) is 0 Å². The molecule has 9 aromatic rings. The molecule has 9 rings (SSSR count). The van der Waals surface area contributed by atoms with Crippen LogP contribution in [0.3, 0.4) is 0 Å².